The van der Waals surface area contributed by atoms with Gasteiger partial charge in [0.1, 0.15) is 16.3 Å². The van der Waals surface area contributed by atoms with Gasteiger partial charge in [-0.2, -0.15) is 27.0 Å². The molecule has 0 aliphatic rings. The molecule has 0 bridgehead atoms. The molecule has 274 valence electrons. The zero-order valence-corrected chi connectivity index (χ0v) is 30.3. The Hall–Kier alpha value is -4.85. The van der Waals surface area contributed by atoms with Gasteiger partial charge in [0.2, 0.25) is 11.9 Å². The molecule has 0 saturated carbocycles. The number of phenols is 1. The zero-order valence-electron chi connectivity index (χ0n) is 27.0. The third kappa shape index (κ3) is 8.37. The molecule has 0 atom stereocenters. The lowest BCUT2D eigenvalue weighted by atomic mass is 10.1. The van der Waals surface area contributed by atoms with Gasteiger partial charge >= 0.3 is 16.1 Å². The molecule has 1 heterocycles. The van der Waals surface area contributed by atoms with Crippen molar-refractivity contribution in [3.05, 3.63) is 83.9 Å². The average Bonchev–Trinajstić information content (AvgIpc) is 3.13. The summed E-state index contributed by atoms with van der Waals surface area (Å²) in [7, 11) is -4.42. The summed E-state index contributed by atoms with van der Waals surface area (Å²) in [5.74, 6) is -0.690. The number of anilines is 4. The summed E-state index contributed by atoms with van der Waals surface area (Å²) < 4.78 is 39.7. The molecule has 22 heteroatoms. The van der Waals surface area contributed by atoms with Gasteiger partial charge in [-0.25, -0.2) is 10.5 Å². The minimum absolute atomic E-state index is 0.0832. The van der Waals surface area contributed by atoms with Crippen LogP contribution in [-0.2, 0) is 32.5 Å². The first-order valence-electron chi connectivity index (χ1n) is 14.7. The lowest BCUT2D eigenvalue weighted by Gasteiger charge is -2.15. The van der Waals surface area contributed by atoms with Gasteiger partial charge in [-0.05, 0) is 79.0 Å². The zero-order chi connectivity index (χ0) is 37.7. The average molecular weight is 800 g/mol. The number of aromatic hydroxyl groups is 2. The summed E-state index contributed by atoms with van der Waals surface area (Å²) in [6, 6.07) is 19.0. The van der Waals surface area contributed by atoms with Crippen molar-refractivity contribution in [1.29, 1.82) is 0 Å². The smallest absolute Gasteiger partial charge is 0.320 e. The van der Waals surface area contributed by atoms with Crippen LogP contribution in [0.3, 0.4) is 0 Å². The highest BCUT2D eigenvalue weighted by molar-refractivity contribution is 7.96. The second-order valence-electron chi connectivity index (χ2n) is 10.8. The number of thiol groups is 1. The van der Waals surface area contributed by atoms with Crippen LogP contribution < -0.4 is 10.6 Å². The monoisotopic (exact) mass is 799 g/mol. The molecule has 0 aliphatic carbocycles. The molecule has 6 aromatic rings. The van der Waals surface area contributed by atoms with Crippen LogP contribution in [0.5, 0.6) is 11.8 Å². The van der Waals surface area contributed by atoms with E-state index in [0.29, 0.717) is 45.4 Å². The predicted molar refractivity (Wildman–Crippen MR) is 196 cm³/mol. The number of azo groups is 1. The van der Waals surface area contributed by atoms with Gasteiger partial charge in [0.15, 0.2) is 5.75 Å². The van der Waals surface area contributed by atoms with Gasteiger partial charge in [-0.3, -0.25) is 0 Å². The summed E-state index contributed by atoms with van der Waals surface area (Å²) in [6.07, 6.45) is 0. The van der Waals surface area contributed by atoms with E-state index in [4.69, 9.17) is 10.5 Å². The van der Waals surface area contributed by atoms with Crippen molar-refractivity contribution in [3.8, 4) is 11.8 Å². The molecule has 0 radical (unpaired) electrons. The molecule has 0 fully saturated rings. The normalized spacial score (nSPS) is 11.9. The van der Waals surface area contributed by atoms with Crippen LogP contribution in [-0.4, -0.2) is 44.1 Å². The van der Waals surface area contributed by atoms with E-state index in [9.17, 15) is 18.6 Å². The van der Waals surface area contributed by atoms with E-state index in [1.807, 2.05) is 13.8 Å². The highest BCUT2D eigenvalue weighted by Crippen LogP contribution is 2.47. The number of hydrogen-bond acceptors (Lipinski definition) is 21. The molecular weight excluding hydrogens is 775 g/mol. The fourth-order valence-corrected chi connectivity index (χ4v) is 7.30. The Kier molecular flexibility index (Phi) is 11.8. The van der Waals surface area contributed by atoms with E-state index >= 15 is 0 Å². The molecule has 6 N–H and O–H groups in total. The van der Waals surface area contributed by atoms with Crippen molar-refractivity contribution < 1.29 is 51.5 Å². The summed E-state index contributed by atoms with van der Waals surface area (Å²) in [6.45, 7) is 3.76. The largest absolute Gasteiger partial charge is 0.505 e. The van der Waals surface area contributed by atoms with Gasteiger partial charge < -0.3 is 20.8 Å². The lowest BCUT2D eigenvalue weighted by Crippen LogP contribution is -2.05. The van der Waals surface area contributed by atoms with Gasteiger partial charge in [-0.1, -0.05) is 52.5 Å². The van der Waals surface area contributed by atoms with Crippen LogP contribution >= 0.6 is 37.0 Å². The number of benzene rings is 5. The Labute approximate surface area is 313 Å². The predicted octanol–water partition coefficient (Wildman–Crippen LogP) is 8.52. The molecule has 18 nitrogen and oxygen atoms in total. The minimum atomic E-state index is -4.42. The first-order chi connectivity index (χ1) is 25.5. The third-order valence-corrected chi connectivity index (χ3v) is 10.5. The number of fused-ring (bicyclic) bond motifs is 2. The first-order valence-corrected chi connectivity index (χ1v) is 18.0. The van der Waals surface area contributed by atoms with E-state index < -0.39 is 21.9 Å². The molecule has 6 rings (SSSR count). The van der Waals surface area contributed by atoms with E-state index in [1.54, 1.807) is 60.7 Å². The SMILES string of the molecule is Cc1cc(Nc2nc(O)nc(Nc3cccc4cc(SOOO)c(/N=N/c5ccc6ccccc6c5S(=O)(=O)OS)c(O)c34)n2)c(SOOO)cc1C. The third-order valence-electron chi connectivity index (χ3n) is 7.56. The maximum Gasteiger partial charge on any atom is 0.320 e. The Morgan fingerprint density at radius 1 is 0.755 bits per heavy atom. The number of rotatable bonds is 14. The van der Waals surface area contributed by atoms with E-state index in [1.165, 1.54) is 12.1 Å². The number of aryl methyl sites for hydroxylation is 2. The van der Waals surface area contributed by atoms with Crippen LogP contribution in [0.25, 0.3) is 21.5 Å². The summed E-state index contributed by atoms with van der Waals surface area (Å²) in [5, 5.41) is 62.9. The van der Waals surface area contributed by atoms with Crippen LogP contribution in [0.1, 0.15) is 11.1 Å². The quantitative estimate of drug-likeness (QED) is 0.0179. The molecule has 0 saturated heterocycles. The molecule has 1 aromatic heterocycles. The van der Waals surface area contributed by atoms with Crippen LogP contribution in [0.15, 0.2) is 97.7 Å². The molecular formula is C31H25N7O11S4. The maximum absolute atomic E-state index is 13.0. The van der Waals surface area contributed by atoms with Crippen molar-refractivity contribution >= 4 is 103 Å². The molecule has 0 unspecified atom stereocenters. The lowest BCUT2D eigenvalue weighted by molar-refractivity contribution is -0.432. The highest BCUT2D eigenvalue weighted by atomic mass is 32.3. The van der Waals surface area contributed by atoms with E-state index in [2.05, 4.69) is 71.1 Å². The fourth-order valence-electron chi connectivity index (χ4n) is 5.16. The standard InChI is InChI=1S/C31H25N7O11S4/c1-15-12-22(23(13-16(15)2)51-47-45-41)33-30-34-29(35-31(40)36-30)32-20-9-5-7-18-14-24(52-48-46-42)26(27(39)25(18)20)38-37-21-11-10-17-6-3-4-8-19(17)28(21)53(43,44)49-50/h3-14,39,41-42,50H,1-2H3,(H3,32,33,34,35,36,40)/b38-37+. The Morgan fingerprint density at radius 3 is 2.13 bits per heavy atom. The van der Waals surface area contributed by atoms with Crippen molar-refractivity contribution in [1.82, 2.24) is 15.0 Å². The fraction of sp³-hybridized carbons (Fsp3) is 0.0645. The second kappa shape index (κ2) is 16.4. The maximum atomic E-state index is 13.0. The molecule has 53 heavy (non-hydrogen) atoms. The molecule has 0 amide bonds. The number of phenolic OH excluding ortho intramolecular Hbond substituents is 1. The number of aromatic nitrogens is 3. The summed E-state index contributed by atoms with van der Waals surface area (Å²) in [4.78, 5) is 12.5. The van der Waals surface area contributed by atoms with Crippen molar-refractivity contribution in [2.45, 2.75) is 28.5 Å². The Morgan fingerprint density at radius 2 is 1.42 bits per heavy atom. The molecule has 5 aromatic carbocycles. The second-order valence-corrected chi connectivity index (χ2v) is 14.2. The number of nitrogens with one attached hydrogen (secondary N) is 2. The number of hydrogen-bond donors (Lipinski definition) is 7. The van der Waals surface area contributed by atoms with Crippen LogP contribution in [0.4, 0.5) is 34.6 Å². The van der Waals surface area contributed by atoms with E-state index in [0.717, 1.165) is 11.1 Å². The molecule has 0 aliphatic heterocycles. The van der Waals surface area contributed by atoms with Gasteiger partial charge in [-0.15, -0.1) is 18.9 Å². The minimum Gasteiger partial charge on any atom is -0.505 e. The molecule has 0 spiro atoms. The van der Waals surface area contributed by atoms with Crippen molar-refractivity contribution in [2.24, 2.45) is 10.2 Å². The van der Waals surface area contributed by atoms with E-state index in [-0.39, 0.29) is 49.5 Å². The highest BCUT2D eigenvalue weighted by Gasteiger charge is 2.24. The van der Waals surface area contributed by atoms with Crippen LogP contribution in [0.2, 0.25) is 0 Å². The van der Waals surface area contributed by atoms with Crippen molar-refractivity contribution in [3.63, 3.8) is 0 Å². The van der Waals surface area contributed by atoms with Crippen molar-refractivity contribution in [2.75, 3.05) is 10.6 Å². The van der Waals surface area contributed by atoms with Gasteiger partial charge in [0.25, 0.3) is 0 Å². The van der Waals surface area contributed by atoms with Gasteiger partial charge in [0, 0.05) is 10.8 Å². The Balaban J connectivity index is 1.42. The van der Waals surface area contributed by atoms with Gasteiger partial charge in [0.05, 0.1) is 45.3 Å². The Bertz CT molecular complexity index is 2480. The first kappa shape index (κ1) is 37.9. The van der Waals surface area contributed by atoms with Crippen LogP contribution in [0, 0.1) is 13.8 Å². The topological polar surface area (TPSA) is 249 Å². The summed E-state index contributed by atoms with van der Waals surface area (Å²) in [5.41, 5.74) is 2.15. The summed E-state index contributed by atoms with van der Waals surface area (Å²) >= 11 is 4.73. The number of nitrogens with zero attached hydrogens (tertiary/aromatic N) is 5.